The van der Waals surface area contributed by atoms with E-state index in [9.17, 15) is 4.79 Å². The highest BCUT2D eigenvalue weighted by Crippen LogP contribution is 2.29. The number of hydrogen-bond acceptors (Lipinski definition) is 4. The van der Waals surface area contributed by atoms with Crippen molar-refractivity contribution in [2.75, 3.05) is 11.9 Å². The summed E-state index contributed by atoms with van der Waals surface area (Å²) in [6, 6.07) is 5.73. The van der Waals surface area contributed by atoms with Crippen molar-refractivity contribution in [3.05, 3.63) is 45.3 Å². The number of furan rings is 1. The van der Waals surface area contributed by atoms with Crippen molar-refractivity contribution in [2.24, 2.45) is 7.05 Å². The van der Waals surface area contributed by atoms with E-state index in [0.29, 0.717) is 11.4 Å². The molecule has 24 heavy (non-hydrogen) atoms. The third-order valence-corrected chi connectivity index (χ3v) is 4.88. The molecular formula is C17H17BrN4O2. The van der Waals surface area contributed by atoms with Crippen LogP contribution in [0.15, 0.2) is 27.1 Å². The lowest BCUT2D eigenvalue weighted by atomic mass is 10.1. The Morgan fingerprint density at radius 3 is 3.08 bits per heavy atom. The summed E-state index contributed by atoms with van der Waals surface area (Å²) in [4.78, 5) is 12.6. The molecule has 3 aromatic rings. The summed E-state index contributed by atoms with van der Waals surface area (Å²) in [5.41, 5.74) is 3.99. The Hall–Kier alpha value is -2.12. The van der Waals surface area contributed by atoms with Gasteiger partial charge in [-0.25, -0.2) is 0 Å². The van der Waals surface area contributed by atoms with Crippen LogP contribution in [0.3, 0.4) is 0 Å². The quantitative estimate of drug-likeness (QED) is 0.707. The second kappa shape index (κ2) is 5.75. The van der Waals surface area contributed by atoms with Gasteiger partial charge in [0.2, 0.25) is 0 Å². The van der Waals surface area contributed by atoms with E-state index < -0.39 is 0 Å². The summed E-state index contributed by atoms with van der Waals surface area (Å²) in [5.74, 6) is 0.620. The van der Waals surface area contributed by atoms with E-state index in [0.717, 1.165) is 46.2 Å². The van der Waals surface area contributed by atoms with Gasteiger partial charge in [-0.3, -0.25) is 9.48 Å². The first-order valence-corrected chi connectivity index (χ1v) is 8.59. The number of benzene rings is 1. The van der Waals surface area contributed by atoms with E-state index in [1.54, 1.807) is 6.07 Å². The van der Waals surface area contributed by atoms with Gasteiger partial charge in [0, 0.05) is 24.5 Å². The average molecular weight is 389 g/mol. The molecule has 2 aromatic heterocycles. The van der Waals surface area contributed by atoms with Gasteiger partial charge in [0.1, 0.15) is 5.58 Å². The third-order valence-electron chi connectivity index (χ3n) is 4.29. The van der Waals surface area contributed by atoms with Gasteiger partial charge in [0.15, 0.2) is 11.6 Å². The third kappa shape index (κ3) is 2.53. The number of aromatic nitrogens is 2. The number of rotatable bonds is 2. The molecule has 0 saturated carbocycles. The van der Waals surface area contributed by atoms with Crippen molar-refractivity contribution in [2.45, 2.75) is 19.9 Å². The fourth-order valence-electron chi connectivity index (χ4n) is 3.14. The maximum Gasteiger partial charge on any atom is 0.292 e. The molecule has 124 valence electrons. The van der Waals surface area contributed by atoms with Crippen molar-refractivity contribution in [1.29, 1.82) is 0 Å². The maximum atomic E-state index is 12.6. The van der Waals surface area contributed by atoms with E-state index >= 15 is 0 Å². The Morgan fingerprint density at radius 1 is 1.42 bits per heavy atom. The summed E-state index contributed by atoms with van der Waals surface area (Å²) in [7, 11) is 1.89. The largest absolute Gasteiger partial charge is 0.450 e. The second-order valence-corrected chi connectivity index (χ2v) is 6.91. The van der Waals surface area contributed by atoms with E-state index in [1.165, 1.54) is 0 Å². The molecule has 0 fully saturated rings. The molecule has 6 nitrogen and oxygen atoms in total. The molecule has 7 heteroatoms. The van der Waals surface area contributed by atoms with Crippen molar-refractivity contribution < 1.29 is 9.21 Å². The van der Waals surface area contributed by atoms with Crippen LogP contribution in [0.5, 0.6) is 0 Å². The van der Waals surface area contributed by atoms with Crippen LogP contribution in [-0.2, 0) is 20.0 Å². The number of nitrogens with one attached hydrogen (secondary N) is 2. The predicted molar refractivity (Wildman–Crippen MR) is 95.2 cm³/mol. The van der Waals surface area contributed by atoms with Gasteiger partial charge < -0.3 is 15.1 Å². The Bertz CT molecular complexity index is 957. The van der Waals surface area contributed by atoms with Crippen LogP contribution >= 0.6 is 15.9 Å². The van der Waals surface area contributed by atoms with Crippen LogP contribution < -0.4 is 10.6 Å². The van der Waals surface area contributed by atoms with E-state index in [2.05, 4.69) is 31.7 Å². The predicted octanol–water partition coefficient (Wildman–Crippen LogP) is 3.14. The normalized spacial score (nSPS) is 14.0. The Balaban J connectivity index is 1.66. The summed E-state index contributed by atoms with van der Waals surface area (Å²) in [6.45, 7) is 3.66. The number of amides is 1. The minimum absolute atomic E-state index is 0.282. The number of carbonyl (C=O) groups is 1. The molecule has 0 spiro atoms. The molecule has 0 bridgehead atoms. The van der Waals surface area contributed by atoms with Gasteiger partial charge in [-0.15, -0.1) is 0 Å². The first kappa shape index (κ1) is 15.4. The van der Waals surface area contributed by atoms with Gasteiger partial charge in [-0.2, -0.15) is 5.10 Å². The highest BCUT2D eigenvalue weighted by molar-refractivity contribution is 9.10. The molecule has 0 radical (unpaired) electrons. The van der Waals surface area contributed by atoms with Crippen LogP contribution in [0.25, 0.3) is 11.0 Å². The topological polar surface area (TPSA) is 72.1 Å². The van der Waals surface area contributed by atoms with Crippen LogP contribution in [0.1, 0.15) is 27.4 Å². The Kier molecular flexibility index (Phi) is 3.69. The summed E-state index contributed by atoms with van der Waals surface area (Å²) in [5, 5.41) is 11.5. The standard InChI is InChI=1S/C17H17BrN4O2/c1-9-5-10-7-14(24-15(10)12(18)6-9)17(23)20-16-11-3-4-19-8-13(11)22(2)21-16/h5-7,19H,3-4,8H2,1-2H3,(H,20,21,23). The number of hydrogen-bond donors (Lipinski definition) is 2. The summed E-state index contributed by atoms with van der Waals surface area (Å²) < 4.78 is 8.39. The molecule has 2 N–H and O–H groups in total. The fraction of sp³-hybridized carbons (Fsp3) is 0.294. The highest BCUT2D eigenvalue weighted by atomic mass is 79.9. The van der Waals surface area contributed by atoms with E-state index in [-0.39, 0.29) is 11.7 Å². The summed E-state index contributed by atoms with van der Waals surface area (Å²) >= 11 is 3.48. The smallest absolute Gasteiger partial charge is 0.292 e. The lowest BCUT2D eigenvalue weighted by Crippen LogP contribution is -2.25. The van der Waals surface area contributed by atoms with Crippen LogP contribution in [0, 0.1) is 6.92 Å². The van der Waals surface area contributed by atoms with Crippen molar-refractivity contribution in [1.82, 2.24) is 15.1 Å². The number of aryl methyl sites for hydroxylation is 2. The molecule has 0 aliphatic carbocycles. The lowest BCUT2D eigenvalue weighted by Gasteiger charge is -2.14. The zero-order valence-electron chi connectivity index (χ0n) is 13.4. The molecular weight excluding hydrogens is 372 g/mol. The Morgan fingerprint density at radius 2 is 2.25 bits per heavy atom. The van der Waals surface area contributed by atoms with Gasteiger partial charge >= 0.3 is 0 Å². The molecule has 1 aliphatic heterocycles. The SMILES string of the molecule is Cc1cc(Br)c2oc(C(=O)Nc3nn(C)c4c3CCNC4)cc2c1. The zero-order valence-corrected chi connectivity index (χ0v) is 15.0. The number of nitrogens with zero attached hydrogens (tertiary/aromatic N) is 2. The first-order valence-electron chi connectivity index (χ1n) is 7.79. The fourth-order valence-corrected chi connectivity index (χ4v) is 3.81. The van der Waals surface area contributed by atoms with Gasteiger partial charge in [0.25, 0.3) is 5.91 Å². The lowest BCUT2D eigenvalue weighted by molar-refractivity contribution is 0.0998. The maximum absolute atomic E-state index is 12.6. The van der Waals surface area contributed by atoms with Crippen molar-refractivity contribution in [3.63, 3.8) is 0 Å². The van der Waals surface area contributed by atoms with Crippen LogP contribution in [0.2, 0.25) is 0 Å². The van der Waals surface area contributed by atoms with Crippen LogP contribution in [-0.4, -0.2) is 22.2 Å². The first-order chi connectivity index (χ1) is 11.5. The number of anilines is 1. The number of halogens is 1. The van der Waals surface area contributed by atoms with Gasteiger partial charge in [-0.05, 0) is 59.6 Å². The highest BCUT2D eigenvalue weighted by Gasteiger charge is 2.22. The molecule has 1 amide bonds. The minimum atomic E-state index is -0.282. The molecule has 0 saturated heterocycles. The monoisotopic (exact) mass is 388 g/mol. The molecule has 1 aromatic carbocycles. The van der Waals surface area contributed by atoms with Gasteiger partial charge in [0.05, 0.1) is 10.2 Å². The minimum Gasteiger partial charge on any atom is -0.450 e. The Labute approximate surface area is 147 Å². The molecule has 4 rings (SSSR count). The van der Waals surface area contributed by atoms with Gasteiger partial charge in [-0.1, -0.05) is 0 Å². The average Bonchev–Trinajstić information content (AvgIpc) is 3.10. The van der Waals surface area contributed by atoms with E-state index in [4.69, 9.17) is 4.42 Å². The number of carbonyl (C=O) groups excluding carboxylic acids is 1. The summed E-state index contributed by atoms with van der Waals surface area (Å²) in [6.07, 6.45) is 0.851. The van der Waals surface area contributed by atoms with E-state index in [1.807, 2.05) is 30.8 Å². The van der Waals surface area contributed by atoms with Crippen LogP contribution in [0.4, 0.5) is 5.82 Å². The molecule has 0 unspecified atom stereocenters. The zero-order chi connectivity index (χ0) is 16.8. The van der Waals surface area contributed by atoms with Crippen molar-refractivity contribution in [3.8, 4) is 0 Å². The second-order valence-electron chi connectivity index (χ2n) is 6.05. The number of fused-ring (bicyclic) bond motifs is 2. The molecule has 3 heterocycles. The molecule has 1 aliphatic rings. The van der Waals surface area contributed by atoms with Crippen molar-refractivity contribution >= 4 is 38.6 Å². The molecule has 0 atom stereocenters.